The zero-order chi connectivity index (χ0) is 18.4. The lowest BCUT2D eigenvalue weighted by Gasteiger charge is -2.11. The lowest BCUT2D eigenvalue weighted by atomic mass is 10.1. The first-order chi connectivity index (χ1) is 11.9. The van der Waals surface area contributed by atoms with Crippen LogP contribution in [0.25, 0.3) is 0 Å². The van der Waals surface area contributed by atoms with Gasteiger partial charge in [-0.3, -0.25) is 9.59 Å². The number of hydrogen-bond donors (Lipinski definition) is 3. The van der Waals surface area contributed by atoms with Crippen LogP contribution in [0.4, 0.5) is 5.69 Å². The van der Waals surface area contributed by atoms with Gasteiger partial charge in [-0.25, -0.2) is 0 Å². The van der Waals surface area contributed by atoms with Gasteiger partial charge in [-0.1, -0.05) is 0 Å². The number of aliphatic hydroxyl groups excluding tert-OH is 1. The normalized spacial score (nSPS) is 11.5. The molecule has 25 heavy (non-hydrogen) atoms. The number of carbonyl (C=O) groups is 2. The first kappa shape index (κ1) is 18.3. The molecule has 2 rings (SSSR count). The summed E-state index contributed by atoms with van der Waals surface area (Å²) in [6, 6.07) is 11.1. The molecule has 1 amide bonds. The lowest BCUT2D eigenvalue weighted by Crippen LogP contribution is -2.17. The number of carbonyl (C=O) groups excluding carboxylic acids is 2. The highest BCUT2D eigenvalue weighted by Crippen LogP contribution is 2.31. The van der Waals surface area contributed by atoms with E-state index < -0.39 is 18.0 Å². The zero-order valence-electron chi connectivity index (χ0n) is 13.9. The Hall–Kier alpha value is -3.06. The van der Waals surface area contributed by atoms with Crippen molar-refractivity contribution in [1.29, 1.82) is 0 Å². The fraction of sp³-hybridized carbons (Fsp3) is 0.222. The summed E-state index contributed by atoms with van der Waals surface area (Å²) < 4.78 is 10.1. The van der Waals surface area contributed by atoms with Crippen molar-refractivity contribution in [3.8, 4) is 17.2 Å². The quantitative estimate of drug-likeness (QED) is 0.549. The molecule has 132 valence electrons. The molecule has 0 saturated carbocycles. The van der Waals surface area contributed by atoms with E-state index in [4.69, 9.17) is 4.74 Å². The van der Waals surface area contributed by atoms with Gasteiger partial charge in [-0.15, -0.1) is 0 Å². The molecular formula is C18H19NO6. The number of aromatic hydroxyl groups is 1. The van der Waals surface area contributed by atoms with Crippen molar-refractivity contribution in [1.82, 2.24) is 0 Å². The molecule has 7 nitrogen and oxygen atoms in total. The summed E-state index contributed by atoms with van der Waals surface area (Å²) in [6.07, 6.45) is -1.18. The summed E-state index contributed by atoms with van der Waals surface area (Å²) in [4.78, 5) is 22.6. The Morgan fingerprint density at radius 2 is 1.76 bits per heavy atom. The third-order valence-corrected chi connectivity index (χ3v) is 3.36. The first-order valence-electron chi connectivity index (χ1n) is 7.54. The van der Waals surface area contributed by atoms with Crippen LogP contribution in [0.15, 0.2) is 42.5 Å². The van der Waals surface area contributed by atoms with Crippen molar-refractivity contribution in [3.05, 3.63) is 48.0 Å². The van der Waals surface area contributed by atoms with Crippen LogP contribution >= 0.6 is 0 Å². The van der Waals surface area contributed by atoms with Gasteiger partial charge in [0.1, 0.15) is 23.7 Å². The van der Waals surface area contributed by atoms with Crippen molar-refractivity contribution >= 4 is 17.6 Å². The maximum atomic E-state index is 11.6. The molecule has 0 bridgehead atoms. The monoisotopic (exact) mass is 345 g/mol. The van der Waals surface area contributed by atoms with Crippen LogP contribution in [0.5, 0.6) is 17.2 Å². The Balaban J connectivity index is 2.02. The van der Waals surface area contributed by atoms with Crippen LogP contribution < -0.4 is 10.1 Å². The molecule has 1 atom stereocenters. The number of phenolic OH excluding ortho intramolecular Hbond substituents is 1. The average molecular weight is 345 g/mol. The van der Waals surface area contributed by atoms with Crippen molar-refractivity contribution in [3.63, 3.8) is 0 Å². The van der Waals surface area contributed by atoms with Crippen LogP contribution in [0.1, 0.15) is 25.0 Å². The average Bonchev–Trinajstić information content (AvgIpc) is 2.57. The standard InChI is InChI=1S/C18H19NO6/c1-11(20)15-9-14(7-8-16(15)21)25-13-5-3-12(4-6-13)19-17(22)10-18(23)24-2/h3-9,11,20-21H,10H2,1-2H3,(H,19,22). The van der Waals surface area contributed by atoms with E-state index in [1.54, 1.807) is 43.3 Å². The fourth-order valence-corrected chi connectivity index (χ4v) is 2.08. The van der Waals surface area contributed by atoms with Gasteiger partial charge in [-0.05, 0) is 49.4 Å². The number of aliphatic hydroxyl groups is 1. The number of methoxy groups -OCH3 is 1. The molecule has 0 aliphatic rings. The molecule has 0 aromatic heterocycles. The molecule has 2 aromatic carbocycles. The van der Waals surface area contributed by atoms with Crippen LogP contribution in [0.3, 0.4) is 0 Å². The van der Waals surface area contributed by atoms with Gasteiger partial charge in [0.25, 0.3) is 0 Å². The van der Waals surface area contributed by atoms with Gasteiger partial charge < -0.3 is 25.0 Å². The summed E-state index contributed by atoms with van der Waals surface area (Å²) >= 11 is 0. The maximum absolute atomic E-state index is 11.6. The molecule has 0 heterocycles. The highest BCUT2D eigenvalue weighted by Gasteiger charge is 2.11. The van der Waals surface area contributed by atoms with Crippen molar-refractivity contribution < 1.29 is 29.3 Å². The lowest BCUT2D eigenvalue weighted by molar-refractivity contribution is -0.142. The highest BCUT2D eigenvalue weighted by atomic mass is 16.5. The van der Waals surface area contributed by atoms with Crippen LogP contribution in [0, 0.1) is 0 Å². The third kappa shape index (κ3) is 5.22. The molecule has 1 unspecified atom stereocenters. The molecule has 0 fully saturated rings. The molecule has 0 spiro atoms. The SMILES string of the molecule is COC(=O)CC(=O)Nc1ccc(Oc2ccc(O)c(C(C)O)c2)cc1. The Bertz CT molecular complexity index is 755. The van der Waals surface area contributed by atoms with Gasteiger partial charge in [0.2, 0.25) is 5.91 Å². The Morgan fingerprint density at radius 1 is 1.12 bits per heavy atom. The van der Waals surface area contributed by atoms with Crippen LogP contribution in [0.2, 0.25) is 0 Å². The molecule has 0 saturated heterocycles. The first-order valence-corrected chi connectivity index (χ1v) is 7.54. The van der Waals surface area contributed by atoms with E-state index in [0.717, 1.165) is 0 Å². The van der Waals surface area contributed by atoms with Gasteiger partial charge in [-0.2, -0.15) is 0 Å². The molecule has 7 heteroatoms. The number of rotatable bonds is 6. The summed E-state index contributed by atoms with van der Waals surface area (Å²) in [5.41, 5.74) is 0.876. The minimum atomic E-state index is -0.823. The van der Waals surface area contributed by atoms with Crippen LogP contribution in [-0.4, -0.2) is 29.2 Å². The minimum absolute atomic E-state index is 0.00832. The Kier molecular flexibility index (Phi) is 5.97. The highest BCUT2D eigenvalue weighted by molar-refractivity contribution is 6.01. The summed E-state index contributed by atoms with van der Waals surface area (Å²) in [5.74, 6) is -0.130. The number of nitrogens with one attached hydrogen (secondary N) is 1. The van der Waals surface area contributed by atoms with E-state index in [1.165, 1.54) is 13.2 Å². The van der Waals surface area contributed by atoms with E-state index in [9.17, 15) is 19.8 Å². The summed E-state index contributed by atoms with van der Waals surface area (Å²) in [5, 5.41) is 21.9. The number of hydrogen-bond acceptors (Lipinski definition) is 6. The van der Waals surface area contributed by atoms with Crippen molar-refractivity contribution in [2.45, 2.75) is 19.4 Å². The predicted octanol–water partition coefficient (Wildman–Crippen LogP) is 2.74. The van der Waals surface area contributed by atoms with Gasteiger partial charge in [0.05, 0.1) is 13.2 Å². The Labute approximate surface area is 144 Å². The maximum Gasteiger partial charge on any atom is 0.315 e. The van der Waals surface area contributed by atoms with E-state index in [2.05, 4.69) is 10.1 Å². The van der Waals surface area contributed by atoms with E-state index in [1.807, 2.05) is 0 Å². The van der Waals surface area contributed by atoms with Gasteiger partial charge in [0.15, 0.2) is 0 Å². The topological polar surface area (TPSA) is 105 Å². The second-order valence-corrected chi connectivity index (χ2v) is 5.32. The largest absolute Gasteiger partial charge is 0.508 e. The summed E-state index contributed by atoms with van der Waals surface area (Å²) in [7, 11) is 1.22. The number of ether oxygens (including phenoxy) is 2. The number of esters is 1. The molecule has 0 aliphatic heterocycles. The minimum Gasteiger partial charge on any atom is -0.508 e. The summed E-state index contributed by atoms with van der Waals surface area (Å²) in [6.45, 7) is 1.55. The number of anilines is 1. The molecule has 3 N–H and O–H groups in total. The molecule has 0 aliphatic carbocycles. The molecular weight excluding hydrogens is 326 g/mol. The smallest absolute Gasteiger partial charge is 0.315 e. The Morgan fingerprint density at radius 3 is 2.36 bits per heavy atom. The second kappa shape index (κ2) is 8.16. The second-order valence-electron chi connectivity index (χ2n) is 5.32. The van der Waals surface area contributed by atoms with E-state index in [0.29, 0.717) is 22.7 Å². The van der Waals surface area contributed by atoms with Gasteiger partial charge >= 0.3 is 5.97 Å². The van der Waals surface area contributed by atoms with Crippen molar-refractivity contribution in [2.75, 3.05) is 12.4 Å². The van der Waals surface area contributed by atoms with Crippen molar-refractivity contribution in [2.24, 2.45) is 0 Å². The van der Waals surface area contributed by atoms with E-state index in [-0.39, 0.29) is 12.2 Å². The molecule has 2 aromatic rings. The number of phenols is 1. The number of amides is 1. The fourth-order valence-electron chi connectivity index (χ4n) is 2.08. The van der Waals surface area contributed by atoms with Crippen LogP contribution in [-0.2, 0) is 14.3 Å². The molecule has 0 radical (unpaired) electrons. The third-order valence-electron chi connectivity index (χ3n) is 3.36. The van der Waals surface area contributed by atoms with Gasteiger partial charge in [0, 0.05) is 11.3 Å². The number of benzene rings is 2. The van der Waals surface area contributed by atoms with E-state index >= 15 is 0 Å². The predicted molar refractivity (Wildman–Crippen MR) is 90.5 cm³/mol. The zero-order valence-corrected chi connectivity index (χ0v) is 13.9.